The highest BCUT2D eigenvalue weighted by atomic mass is 16.2. The molecule has 3 heterocycles. The van der Waals surface area contributed by atoms with Gasteiger partial charge in [0.1, 0.15) is 11.6 Å². The number of rotatable bonds is 7. The Hall–Kier alpha value is -1.89. The molecular weight excluding hydrogens is 414 g/mol. The molecular formula is C26H43N5O2. The first-order chi connectivity index (χ1) is 15.9. The predicted molar refractivity (Wildman–Crippen MR) is 130 cm³/mol. The lowest BCUT2D eigenvalue weighted by atomic mass is 9.79. The molecule has 33 heavy (non-hydrogen) atoms. The van der Waals surface area contributed by atoms with E-state index in [0.29, 0.717) is 25.3 Å². The van der Waals surface area contributed by atoms with Crippen molar-refractivity contribution in [2.75, 3.05) is 19.6 Å². The number of unbranched alkanes of at least 4 members (excludes halogenated alkanes) is 1. The van der Waals surface area contributed by atoms with Gasteiger partial charge in [-0.15, -0.1) is 0 Å². The summed E-state index contributed by atoms with van der Waals surface area (Å²) in [6.45, 7) is 9.55. The van der Waals surface area contributed by atoms with Gasteiger partial charge in [0.15, 0.2) is 0 Å². The van der Waals surface area contributed by atoms with E-state index in [2.05, 4.69) is 36.1 Å². The monoisotopic (exact) mass is 457 g/mol. The van der Waals surface area contributed by atoms with Crippen LogP contribution in [0.15, 0.2) is 0 Å². The molecule has 1 N–H and O–H groups in total. The molecule has 2 saturated heterocycles. The van der Waals surface area contributed by atoms with Gasteiger partial charge in [-0.05, 0) is 45.4 Å². The number of nitrogens with one attached hydrogen (secondary N) is 1. The van der Waals surface area contributed by atoms with Crippen LogP contribution in [0.1, 0.15) is 88.1 Å². The van der Waals surface area contributed by atoms with Gasteiger partial charge in [0.2, 0.25) is 11.8 Å². The number of hydrogen-bond acceptors (Lipinski definition) is 4. The number of aryl methyl sites for hydroxylation is 2. The van der Waals surface area contributed by atoms with Crippen molar-refractivity contribution < 1.29 is 9.59 Å². The zero-order valence-corrected chi connectivity index (χ0v) is 21.2. The molecule has 7 heteroatoms. The standard InChI is InChI=1S/C26H43N5O2/c1-5-6-14-31-24(32)23(17-21-10-8-7-9-11-21)27-25(33)26(31)12-15-30(16-13-26)18-22-19(2)28-29(4)20(22)3/h21,23H,5-18H2,1-4H3,(H,27,33)/t23-/m0/s1. The Balaban J connectivity index is 1.46. The predicted octanol–water partition coefficient (Wildman–Crippen LogP) is 3.47. The van der Waals surface area contributed by atoms with Gasteiger partial charge >= 0.3 is 0 Å². The average molecular weight is 458 g/mol. The number of carbonyl (C=O) groups excluding carboxylic acids is 2. The van der Waals surface area contributed by atoms with Crippen molar-refractivity contribution >= 4 is 11.8 Å². The Labute approximate surface area is 199 Å². The summed E-state index contributed by atoms with van der Waals surface area (Å²) in [6.07, 6.45) is 10.4. The number of piperazine rings is 1. The molecule has 2 amide bonds. The number of amides is 2. The first kappa shape index (κ1) is 24.2. The summed E-state index contributed by atoms with van der Waals surface area (Å²) < 4.78 is 1.95. The van der Waals surface area contributed by atoms with Crippen molar-refractivity contribution in [3.63, 3.8) is 0 Å². The molecule has 7 nitrogen and oxygen atoms in total. The molecule has 0 unspecified atom stereocenters. The Bertz CT molecular complexity index is 849. The summed E-state index contributed by atoms with van der Waals surface area (Å²) in [7, 11) is 1.99. The van der Waals surface area contributed by atoms with E-state index in [1.807, 2.05) is 16.6 Å². The van der Waals surface area contributed by atoms with Crippen LogP contribution in [0, 0.1) is 19.8 Å². The molecule has 1 aromatic rings. The molecule has 0 bridgehead atoms. The number of hydrogen-bond donors (Lipinski definition) is 1. The maximum absolute atomic E-state index is 13.7. The second-order valence-electron chi connectivity index (χ2n) is 10.7. The van der Waals surface area contributed by atoms with E-state index in [4.69, 9.17) is 0 Å². The summed E-state index contributed by atoms with van der Waals surface area (Å²) in [5, 5.41) is 7.76. The lowest BCUT2D eigenvalue weighted by Crippen LogP contribution is -2.73. The van der Waals surface area contributed by atoms with Crippen molar-refractivity contribution in [3.8, 4) is 0 Å². The van der Waals surface area contributed by atoms with Crippen LogP contribution < -0.4 is 5.32 Å². The molecule has 1 spiro atoms. The fourth-order valence-electron chi connectivity index (χ4n) is 6.28. The number of likely N-dealkylation sites (tertiary alicyclic amines) is 1. The minimum absolute atomic E-state index is 0.0902. The van der Waals surface area contributed by atoms with E-state index < -0.39 is 5.54 Å². The van der Waals surface area contributed by atoms with Crippen LogP contribution in [0.5, 0.6) is 0 Å². The van der Waals surface area contributed by atoms with Gasteiger partial charge in [-0.2, -0.15) is 5.10 Å². The summed E-state index contributed by atoms with van der Waals surface area (Å²) in [6, 6.07) is -0.332. The Kier molecular flexibility index (Phi) is 7.46. The van der Waals surface area contributed by atoms with E-state index >= 15 is 0 Å². The van der Waals surface area contributed by atoms with Crippen LogP contribution >= 0.6 is 0 Å². The number of carbonyl (C=O) groups is 2. The molecule has 4 rings (SSSR count). The third-order valence-electron chi connectivity index (χ3n) is 8.56. The van der Waals surface area contributed by atoms with E-state index in [9.17, 15) is 9.59 Å². The zero-order valence-electron chi connectivity index (χ0n) is 21.2. The molecule has 1 aliphatic carbocycles. The highest BCUT2D eigenvalue weighted by Crippen LogP contribution is 2.36. The van der Waals surface area contributed by atoms with Gasteiger partial charge in [-0.25, -0.2) is 0 Å². The molecule has 1 aromatic heterocycles. The summed E-state index contributed by atoms with van der Waals surface area (Å²) in [5.41, 5.74) is 2.89. The molecule has 0 radical (unpaired) electrons. The van der Waals surface area contributed by atoms with Crippen molar-refractivity contribution in [2.24, 2.45) is 13.0 Å². The van der Waals surface area contributed by atoms with Crippen LogP contribution in [-0.2, 0) is 23.2 Å². The lowest BCUT2D eigenvalue weighted by Gasteiger charge is -2.52. The average Bonchev–Trinajstić information content (AvgIpc) is 3.05. The summed E-state index contributed by atoms with van der Waals surface area (Å²) >= 11 is 0. The van der Waals surface area contributed by atoms with E-state index in [1.165, 1.54) is 43.4 Å². The normalized spacial score (nSPS) is 24.5. The highest BCUT2D eigenvalue weighted by Gasteiger charge is 2.53. The minimum Gasteiger partial charge on any atom is -0.342 e. The largest absolute Gasteiger partial charge is 0.342 e. The molecule has 0 aromatic carbocycles. The minimum atomic E-state index is -0.676. The fourth-order valence-corrected chi connectivity index (χ4v) is 6.28. The SMILES string of the molecule is CCCCN1C(=O)[C@H](CC2CCCCC2)NC(=O)C12CCN(Cc1c(C)nn(C)c1C)CC2. The fraction of sp³-hybridized carbons (Fsp3) is 0.808. The van der Waals surface area contributed by atoms with E-state index in [1.54, 1.807) is 0 Å². The molecule has 1 atom stereocenters. The molecule has 3 aliphatic rings. The van der Waals surface area contributed by atoms with Gasteiger partial charge in [0.05, 0.1) is 5.69 Å². The van der Waals surface area contributed by atoms with Crippen LogP contribution in [0.2, 0.25) is 0 Å². The van der Waals surface area contributed by atoms with Gasteiger partial charge in [-0.1, -0.05) is 45.4 Å². The van der Waals surface area contributed by atoms with Gasteiger partial charge in [0.25, 0.3) is 0 Å². The summed E-state index contributed by atoms with van der Waals surface area (Å²) in [4.78, 5) is 31.7. The number of nitrogens with zero attached hydrogens (tertiary/aromatic N) is 4. The Morgan fingerprint density at radius 3 is 2.39 bits per heavy atom. The second-order valence-corrected chi connectivity index (χ2v) is 10.7. The first-order valence-corrected chi connectivity index (χ1v) is 13.2. The van der Waals surface area contributed by atoms with E-state index in [0.717, 1.165) is 44.6 Å². The number of aromatic nitrogens is 2. The van der Waals surface area contributed by atoms with Crippen molar-refractivity contribution in [2.45, 2.75) is 103 Å². The van der Waals surface area contributed by atoms with Crippen molar-refractivity contribution in [3.05, 3.63) is 17.0 Å². The van der Waals surface area contributed by atoms with Crippen molar-refractivity contribution in [1.82, 2.24) is 24.9 Å². The molecule has 1 saturated carbocycles. The molecule has 184 valence electrons. The van der Waals surface area contributed by atoms with E-state index in [-0.39, 0.29) is 17.9 Å². The molecule has 2 aliphatic heterocycles. The Morgan fingerprint density at radius 2 is 1.79 bits per heavy atom. The zero-order chi connectivity index (χ0) is 23.6. The van der Waals surface area contributed by atoms with Crippen LogP contribution in [0.3, 0.4) is 0 Å². The maximum atomic E-state index is 13.7. The first-order valence-electron chi connectivity index (χ1n) is 13.2. The van der Waals surface area contributed by atoms with Gasteiger partial charge in [0, 0.05) is 44.5 Å². The van der Waals surface area contributed by atoms with Gasteiger partial charge < -0.3 is 10.2 Å². The van der Waals surface area contributed by atoms with Crippen LogP contribution in [-0.4, -0.2) is 62.6 Å². The third-order valence-corrected chi connectivity index (χ3v) is 8.56. The van der Waals surface area contributed by atoms with Crippen LogP contribution in [0.25, 0.3) is 0 Å². The topological polar surface area (TPSA) is 70.5 Å². The second kappa shape index (κ2) is 10.2. The Morgan fingerprint density at radius 1 is 1.09 bits per heavy atom. The lowest BCUT2D eigenvalue weighted by molar-refractivity contribution is -0.162. The quantitative estimate of drug-likeness (QED) is 0.681. The summed E-state index contributed by atoms with van der Waals surface area (Å²) in [5.74, 6) is 0.830. The maximum Gasteiger partial charge on any atom is 0.246 e. The molecule has 3 fully saturated rings. The third kappa shape index (κ3) is 4.84. The van der Waals surface area contributed by atoms with Crippen LogP contribution in [0.4, 0.5) is 0 Å². The number of piperidine rings is 1. The highest BCUT2D eigenvalue weighted by molar-refractivity contribution is 6.00. The van der Waals surface area contributed by atoms with Crippen molar-refractivity contribution in [1.29, 1.82) is 0 Å². The smallest absolute Gasteiger partial charge is 0.246 e. The van der Waals surface area contributed by atoms with Gasteiger partial charge in [-0.3, -0.25) is 19.2 Å².